The smallest absolute Gasteiger partial charge is 0.329 e. The molecular formula is C73H101N17O27. The lowest BCUT2D eigenvalue weighted by Crippen LogP contribution is -2.62. The van der Waals surface area contributed by atoms with E-state index >= 15 is 0 Å². The van der Waals surface area contributed by atoms with Gasteiger partial charge >= 0.3 is 35.8 Å². The summed E-state index contributed by atoms with van der Waals surface area (Å²) >= 11 is 0. The Morgan fingerprint density at radius 3 is 1.62 bits per heavy atom. The minimum Gasteiger partial charge on any atom is -0.481 e. The van der Waals surface area contributed by atoms with Crippen molar-refractivity contribution in [2.75, 3.05) is 25.4 Å². The third-order valence-corrected chi connectivity index (χ3v) is 18.1. The first-order valence-corrected chi connectivity index (χ1v) is 37.3. The second-order valence-corrected chi connectivity index (χ2v) is 27.7. The summed E-state index contributed by atoms with van der Waals surface area (Å²) in [5.41, 5.74) is 18.0. The fourth-order valence-electron chi connectivity index (χ4n) is 11.9. The van der Waals surface area contributed by atoms with Crippen molar-refractivity contribution in [1.82, 2.24) is 74.1 Å². The highest BCUT2D eigenvalue weighted by Gasteiger charge is 2.41. The van der Waals surface area contributed by atoms with Crippen LogP contribution >= 0.6 is 0 Å². The molecule has 2 heterocycles. The third kappa shape index (κ3) is 33.4. The largest absolute Gasteiger partial charge is 0.481 e. The normalized spacial score (nSPS) is 21.0. The summed E-state index contributed by atoms with van der Waals surface area (Å²) in [5, 5.41) is 78.0. The van der Waals surface area contributed by atoms with Crippen molar-refractivity contribution in [3.05, 3.63) is 65.9 Å². The van der Waals surface area contributed by atoms with Gasteiger partial charge in [-0.25, -0.2) is 4.79 Å². The second kappa shape index (κ2) is 48.1. The number of fused-ring (bicyclic) bond motifs is 1. The zero-order valence-electron chi connectivity index (χ0n) is 64.5. The number of para-hydroxylation sites is 2. The van der Waals surface area contributed by atoms with Crippen molar-refractivity contribution >= 4 is 141 Å². The van der Waals surface area contributed by atoms with Crippen LogP contribution in [0.5, 0.6) is 0 Å². The van der Waals surface area contributed by atoms with E-state index < -0.39 is 267 Å². The van der Waals surface area contributed by atoms with Crippen molar-refractivity contribution in [2.45, 2.75) is 216 Å². The fourth-order valence-corrected chi connectivity index (χ4v) is 11.9. The van der Waals surface area contributed by atoms with E-state index in [0.29, 0.717) is 29.3 Å². The Labute approximate surface area is 668 Å². The molecule has 0 aliphatic carbocycles. The number of esters is 1. The molecule has 44 nitrogen and oxygen atoms in total. The van der Waals surface area contributed by atoms with E-state index in [-0.39, 0.29) is 37.1 Å². The van der Waals surface area contributed by atoms with E-state index in [1.165, 1.54) is 24.3 Å². The van der Waals surface area contributed by atoms with Gasteiger partial charge in [-0.3, -0.25) is 95.9 Å². The molecule has 44 heteroatoms. The Morgan fingerprint density at radius 2 is 1.03 bits per heavy atom. The topological polar surface area (TPSA) is 719 Å². The molecule has 1 aliphatic heterocycles. The molecule has 0 bridgehead atoms. The van der Waals surface area contributed by atoms with E-state index in [1.54, 1.807) is 30.5 Å². The van der Waals surface area contributed by atoms with Gasteiger partial charge < -0.3 is 122 Å². The minimum absolute atomic E-state index is 0.0265. The van der Waals surface area contributed by atoms with E-state index in [1.807, 2.05) is 16.0 Å². The summed E-state index contributed by atoms with van der Waals surface area (Å²) < 4.78 is 5.68. The van der Waals surface area contributed by atoms with Gasteiger partial charge in [0.15, 0.2) is 5.78 Å². The molecule has 25 N–H and O–H groups in total. The molecule has 0 saturated carbocycles. The predicted octanol–water partition coefficient (Wildman–Crippen LogP) is -5.14. The number of carboxylic acid groups (broad SMARTS) is 5. The number of ketones is 1. The van der Waals surface area contributed by atoms with Gasteiger partial charge in [0, 0.05) is 47.6 Å². The number of Topliss-reactive ketones (excluding diaryl/α,β-unsaturated/α-hetero) is 1. The number of rotatable bonds is 36. The molecule has 2 aromatic carbocycles. The first-order valence-electron chi connectivity index (χ1n) is 37.3. The number of aromatic nitrogens is 1. The number of amides is 14. The van der Waals surface area contributed by atoms with Gasteiger partial charge in [-0.05, 0) is 69.3 Å². The van der Waals surface area contributed by atoms with Crippen LogP contribution in [0, 0.1) is 5.92 Å². The molecule has 3 aromatic rings. The number of ether oxygens (including phenoxy) is 1. The minimum atomic E-state index is -2.48. The van der Waals surface area contributed by atoms with Crippen LogP contribution in [0.25, 0.3) is 10.9 Å². The Kier molecular flexibility index (Phi) is 39.6. The fraction of sp³-hybridized carbons (Fsp3) is 0.521. The van der Waals surface area contributed by atoms with Crippen molar-refractivity contribution in [2.24, 2.45) is 17.4 Å². The number of primary amides is 1. The molecule has 4 rings (SSSR count). The maximum Gasteiger partial charge on any atom is 0.329 e. The van der Waals surface area contributed by atoms with Crippen LogP contribution in [0.3, 0.4) is 0 Å². The number of unbranched alkanes of at least 4 members (excludes halogenated alkanes) is 6. The van der Waals surface area contributed by atoms with Crippen LogP contribution in [-0.4, -0.2) is 247 Å². The Bertz CT molecular complexity index is 4150. The van der Waals surface area contributed by atoms with Crippen molar-refractivity contribution < 1.29 is 131 Å². The van der Waals surface area contributed by atoms with E-state index in [4.69, 9.17) is 21.9 Å². The highest BCUT2D eigenvalue weighted by Crippen LogP contribution is 2.22. The number of aliphatic carboxylic acids is 5. The van der Waals surface area contributed by atoms with Gasteiger partial charge in [-0.1, -0.05) is 82.7 Å². The summed E-state index contributed by atoms with van der Waals surface area (Å²) in [7, 11) is 0. The standard InChI is InChI=1S/C73H101N17O27/c1-5-6-7-8-9-10-11-22-53(93)82-44(25-38-32-77-42-20-15-13-17-39(38)42)67(110)85-45(27-52(76)92)68(111)87-49(31-60(104)105)70(113)90-62-37(4)117-73(116)50(26-51(91)40-18-12-14-19-41(40)75)88-72(115)61(35(2)24-56(96)97)89-69(112)47(29-58(100)101)83-55(95)33-78-64(107)46(28-57(98)99)84-63(106)36(3)80-66(109)48(30-59(102)103)86-65(108)43(21-16-23-74)81-54(94)34-79-71(62)114/h12-15,17-20,32,35-37,43-50,61-62,77H,5-11,16,21-31,33-34,74-75H2,1-4H3,(H2,76,92)(H,78,107)(H,79,114)(H,80,109)(H,81,94)(H,82,93)(H,83,95)(H,84,106)(H,85,110)(H,86,108)(H,87,111)(H,88,115)(H,89,112)(H,90,113)(H,96,97)(H,98,99)(H,100,101)(H,102,103)(H,104,105)/t35-,36-,37?,43+,44+,45+,46+,47-,48?,49+,50+,61?,62?/m1/s1. The summed E-state index contributed by atoms with van der Waals surface area (Å²) in [4.78, 5) is 289. The Balaban J connectivity index is 1.90. The van der Waals surface area contributed by atoms with E-state index in [0.717, 1.165) is 52.9 Å². The highest BCUT2D eigenvalue weighted by molar-refractivity contribution is 6.05. The number of carbonyl (C=O) groups excluding carboxylic acids is 16. The van der Waals surface area contributed by atoms with Crippen LogP contribution in [0.15, 0.2) is 54.7 Å². The van der Waals surface area contributed by atoms with Crippen LogP contribution in [0.4, 0.5) is 5.69 Å². The zero-order valence-corrected chi connectivity index (χ0v) is 64.5. The molecular weight excluding hydrogens is 1550 g/mol. The SMILES string of the molecule is CCCCCCCCCC(=O)N[C@@H](Cc1c[nH]c2ccccc12)C(=O)N[C@@H](CC(N)=O)C(=O)N[C@@H](CC(=O)O)C(=O)NC1C(=O)NCC(=O)N[C@@H](CCCN)C(=O)NC(CC(=O)O)C(=O)N[C@H](C)C(=O)N[C@@H](CC(=O)O)C(=O)NCC(=O)N[C@H](CC(=O)O)C(=O)NC([C@H](C)CC(=O)O)C(=O)N[C@@H](CC(=O)c2ccccc2N)C(=O)OC1C. The lowest BCUT2D eigenvalue weighted by Gasteiger charge is -2.30. The number of carboxylic acids is 5. The number of aromatic amines is 1. The molecule has 1 saturated heterocycles. The maximum absolute atomic E-state index is 14.9. The number of carbonyl (C=O) groups is 21. The summed E-state index contributed by atoms with van der Waals surface area (Å²) in [6.07, 6.45) is -3.98. The van der Waals surface area contributed by atoms with Crippen molar-refractivity contribution in [3.63, 3.8) is 0 Å². The van der Waals surface area contributed by atoms with E-state index in [2.05, 4.69) is 65.1 Å². The lowest BCUT2D eigenvalue weighted by atomic mass is 9.95. The molecule has 4 unspecified atom stereocenters. The molecule has 0 spiro atoms. The van der Waals surface area contributed by atoms with Gasteiger partial charge in [0.1, 0.15) is 72.6 Å². The monoisotopic (exact) mass is 1650 g/mol. The second-order valence-electron chi connectivity index (χ2n) is 27.7. The number of nitrogens with two attached hydrogens (primary N) is 3. The third-order valence-electron chi connectivity index (χ3n) is 18.1. The number of nitrogen functional groups attached to an aromatic ring is 1. The average molecular weight is 1650 g/mol. The van der Waals surface area contributed by atoms with Gasteiger partial charge in [0.05, 0.1) is 51.6 Å². The van der Waals surface area contributed by atoms with Gasteiger partial charge in [-0.15, -0.1) is 0 Å². The Hall–Kier alpha value is -13.2. The number of nitrogens with one attached hydrogen (secondary N) is 14. The average Bonchev–Trinajstić information content (AvgIpc) is 1.81. The maximum atomic E-state index is 14.9. The van der Waals surface area contributed by atoms with E-state index in [9.17, 15) is 126 Å². The zero-order chi connectivity index (χ0) is 87.3. The number of cyclic esters (lactones) is 1. The van der Waals surface area contributed by atoms with Crippen LogP contribution < -0.4 is 86.3 Å². The van der Waals surface area contributed by atoms with Gasteiger partial charge in [0.25, 0.3) is 0 Å². The number of anilines is 1. The summed E-state index contributed by atoms with van der Waals surface area (Å²) in [6.45, 7) is 2.23. The first-order chi connectivity index (χ1) is 55.2. The lowest BCUT2D eigenvalue weighted by molar-refractivity contribution is -0.156. The molecule has 1 aliphatic rings. The van der Waals surface area contributed by atoms with Crippen molar-refractivity contribution in [1.29, 1.82) is 0 Å². The highest BCUT2D eigenvalue weighted by atomic mass is 16.5. The number of hydrogen-bond donors (Lipinski definition) is 22. The molecule has 0 radical (unpaired) electrons. The first kappa shape index (κ1) is 96.2. The van der Waals surface area contributed by atoms with Crippen LogP contribution in [-0.2, 0) is 107 Å². The van der Waals surface area contributed by atoms with Gasteiger partial charge in [-0.2, -0.15) is 0 Å². The number of benzene rings is 2. The molecule has 14 amide bonds. The van der Waals surface area contributed by atoms with Crippen molar-refractivity contribution in [3.8, 4) is 0 Å². The molecule has 1 fully saturated rings. The Morgan fingerprint density at radius 1 is 0.521 bits per heavy atom. The molecule has 117 heavy (non-hydrogen) atoms. The molecule has 13 atom stereocenters. The number of H-pyrrole nitrogens is 1. The quantitative estimate of drug-likeness (QED) is 0.0112. The van der Waals surface area contributed by atoms with Gasteiger partial charge in [0.2, 0.25) is 82.7 Å². The molecule has 1 aromatic heterocycles. The number of hydrogen-bond acceptors (Lipinski definition) is 24. The summed E-state index contributed by atoms with van der Waals surface area (Å²) in [5.74, 6) is -32.3. The van der Waals surface area contributed by atoms with Crippen LogP contribution in [0.1, 0.15) is 153 Å². The molecule has 640 valence electrons. The predicted molar refractivity (Wildman–Crippen MR) is 405 cm³/mol. The van der Waals surface area contributed by atoms with Crippen LogP contribution in [0.2, 0.25) is 0 Å². The summed E-state index contributed by atoms with van der Waals surface area (Å²) in [6, 6.07) is -11.1.